The number of halogens is 2. The predicted octanol–water partition coefficient (Wildman–Crippen LogP) is 15.2. The molecule has 0 unspecified atom stereocenters. The largest absolute Gasteiger partial charge is 0.478 e. The number of anilines is 1. The molecule has 2 fully saturated rings. The van der Waals surface area contributed by atoms with Crippen LogP contribution in [0.4, 0.5) is 15.4 Å². The molecule has 6 aliphatic rings. The molecule has 12 rings (SSSR count). The molecule has 4 aromatic carbocycles. The van der Waals surface area contributed by atoms with Gasteiger partial charge in [0, 0.05) is 152 Å². The number of alkyl carbamates (subject to hydrolysis) is 2. The van der Waals surface area contributed by atoms with Crippen LogP contribution in [0.2, 0.25) is 6.82 Å². The number of carboxylic acids is 1. The first-order chi connectivity index (χ1) is 56.2. The Bertz CT molecular complexity index is 3870. The van der Waals surface area contributed by atoms with Crippen LogP contribution >= 0.6 is 40.2 Å². The van der Waals surface area contributed by atoms with Gasteiger partial charge in [0.25, 0.3) is 0 Å². The van der Waals surface area contributed by atoms with Gasteiger partial charge < -0.3 is 57.1 Å². The van der Waals surface area contributed by atoms with Crippen molar-refractivity contribution in [3.05, 3.63) is 195 Å². The molecule has 9 N–H and O–H groups in total. The van der Waals surface area contributed by atoms with E-state index in [1.54, 1.807) is 46.1 Å². The van der Waals surface area contributed by atoms with Gasteiger partial charge in [-0.1, -0.05) is 136 Å². The molecular weight excluding hydrogens is 1620 g/mol. The molecule has 4 amide bonds. The van der Waals surface area contributed by atoms with Crippen LogP contribution in [0, 0.1) is 5.92 Å². The van der Waals surface area contributed by atoms with Crippen molar-refractivity contribution in [3.8, 4) is 0 Å². The lowest BCUT2D eigenvalue weighted by atomic mass is 9.91. The lowest BCUT2D eigenvalue weighted by Gasteiger charge is -2.32. The number of pyridine rings is 2. The first kappa shape index (κ1) is 100. The van der Waals surface area contributed by atoms with Gasteiger partial charge >= 0.3 is 18.2 Å². The van der Waals surface area contributed by atoms with E-state index in [2.05, 4.69) is 175 Å². The quantitative estimate of drug-likeness (QED) is 0.00974. The van der Waals surface area contributed by atoms with E-state index in [4.69, 9.17) is 26.0 Å². The zero-order valence-corrected chi connectivity index (χ0v) is 75.3. The average molecular weight is 1760 g/mol. The fourth-order valence-corrected chi connectivity index (χ4v) is 14.5. The number of hydrogen-bond donors (Lipinski definition) is 7. The van der Waals surface area contributed by atoms with Crippen molar-refractivity contribution in [3.63, 3.8) is 0 Å². The number of nitrogens with zero attached hydrogens (tertiary/aromatic N) is 7. The lowest BCUT2D eigenvalue weighted by Crippen LogP contribution is -2.41. The number of carboxylic acid groups (broad SMARTS) is 1. The Morgan fingerprint density at radius 3 is 1.41 bits per heavy atom. The van der Waals surface area contributed by atoms with Crippen LogP contribution in [0.25, 0.3) is 0 Å². The number of nitrogens with two attached hydrogens (primary N) is 2. The van der Waals surface area contributed by atoms with E-state index < -0.39 is 17.2 Å². The van der Waals surface area contributed by atoms with E-state index in [0.29, 0.717) is 25.4 Å². The number of alkyl halides is 2. The molecule has 0 bridgehead atoms. The molecule has 0 spiro atoms. The predicted molar refractivity (Wildman–Crippen MR) is 481 cm³/mol. The minimum atomic E-state index is -0.921. The van der Waals surface area contributed by atoms with E-state index in [-0.39, 0.29) is 49.7 Å². The molecule has 2 saturated heterocycles. The van der Waals surface area contributed by atoms with E-state index in [1.807, 2.05) is 63.5 Å². The molecule has 8 heterocycles. The maximum absolute atomic E-state index is 12.7. The zero-order valence-electron chi connectivity index (χ0n) is 71.2. The van der Waals surface area contributed by atoms with Gasteiger partial charge in [0.2, 0.25) is 18.8 Å². The molecule has 6 aliphatic heterocycles. The molecule has 117 heavy (non-hydrogen) atoms. The summed E-state index contributed by atoms with van der Waals surface area (Å²) in [6.07, 6.45) is 18.3. The summed E-state index contributed by atoms with van der Waals surface area (Å²) in [4.78, 5) is 88.6. The number of carbonyl (C=O) groups is 6. The Kier molecular flexibility index (Phi) is 48.6. The molecule has 27 heteroatoms. The summed E-state index contributed by atoms with van der Waals surface area (Å²) in [5, 5.41) is 23.1. The van der Waals surface area contributed by atoms with Gasteiger partial charge in [-0.25, -0.2) is 19.4 Å². The summed E-state index contributed by atoms with van der Waals surface area (Å²) in [6.45, 7) is 35.6. The summed E-state index contributed by atoms with van der Waals surface area (Å²) in [7, 11) is 0.123. The molecular formula is C90H134BBr2N13O10P. The zero-order chi connectivity index (χ0) is 85.2. The minimum Gasteiger partial charge on any atom is -0.478 e. The topological polar surface area (TPSA) is 300 Å². The van der Waals surface area contributed by atoms with Crippen LogP contribution in [0.5, 0.6) is 0 Å². The number of aromatic carboxylic acids is 1. The standard InChI is InChI=1S/C26H34N4O2.C17H26N2O2.C14H18N2O3.C12H18N2.C9H11N.C8H16BrNO2.C3H8BrN.CH3BOP/c1-20(31)30-16-11-24(12-17-30)28-26-18-22(9-13-27-26)25(32)8-4-5-14-29-15-10-21-6-2-3-7-23(21)19-29;1-17(2,3)21-16(20)18-10-6-11-19-12-9-14-7-4-5-8-15(14)13-19;1-10(17)16-6-3-11(4-7-16)8-13-9-12(14(18)19)2-5-15-13;13-7-3-8-14-9-6-11-4-1-2-5-12(11)10-14;1-2-4-9-7-10-6-5-8(9)3-1;1-8(2,3)12-7(11)10-6-4-5-9;4-2-1-3-5;1-2-4-3/h2-3,6-7,9,13,18,24H,4-5,8,10-12,14-17,19H2,1H3,(H,27,28);4-5,7-8H,6,9-13H2,1-3H3,(H,18,20);2,5,9,11H,3-4,6-8H2,1H3,(H,18,19);1-2,4-5H,3,6-10,13H2;1-4,10H,5-7H2;4-6H2,1-3H3,(H,10,11);1-3,5H2;1H3. The second-order valence-electron chi connectivity index (χ2n) is 31.9. The number of fused-ring (bicyclic) bond motifs is 4. The Hall–Kier alpha value is -7.52. The van der Waals surface area contributed by atoms with E-state index in [9.17, 15) is 33.3 Å². The van der Waals surface area contributed by atoms with Crippen molar-refractivity contribution in [2.75, 3.05) is 114 Å². The van der Waals surface area contributed by atoms with Gasteiger partial charge in [-0.15, -0.1) is 0 Å². The van der Waals surface area contributed by atoms with Crippen LogP contribution in [0.1, 0.15) is 197 Å². The maximum atomic E-state index is 12.7. The smallest absolute Gasteiger partial charge is 0.407 e. The molecule has 6 aromatic rings. The number of aromatic nitrogens is 2. The number of ketones is 1. The normalized spacial score (nSPS) is 15.2. The van der Waals surface area contributed by atoms with E-state index in [0.717, 1.165) is 216 Å². The number of nitrogens with one attached hydrogen (secondary N) is 4. The number of hydrogen-bond acceptors (Lipinski definition) is 18. The molecule has 0 aliphatic carbocycles. The van der Waals surface area contributed by atoms with Crippen LogP contribution in [0.3, 0.4) is 0 Å². The molecule has 641 valence electrons. The lowest BCUT2D eigenvalue weighted by molar-refractivity contribution is -0.130. The Balaban J connectivity index is 0.000000254. The number of Topliss-reactive ketones (excluding diaryl/α,β-unsaturated/α-hetero) is 1. The number of ether oxygens (including phenoxy) is 2. The van der Waals surface area contributed by atoms with E-state index in [1.165, 1.54) is 70.0 Å². The van der Waals surface area contributed by atoms with Crippen LogP contribution < -0.4 is 32.7 Å². The Morgan fingerprint density at radius 2 is 0.974 bits per heavy atom. The fraction of sp³-hybridized carbons (Fsp3) is 0.556. The number of rotatable bonds is 24. The average Bonchev–Trinajstić information content (AvgIpc) is 0.868. The number of benzene rings is 4. The van der Waals surface area contributed by atoms with Crippen molar-refractivity contribution >= 4 is 88.8 Å². The van der Waals surface area contributed by atoms with E-state index >= 15 is 0 Å². The van der Waals surface area contributed by atoms with Crippen LogP contribution in [0.15, 0.2) is 134 Å². The van der Waals surface area contributed by atoms with Gasteiger partial charge in [0.1, 0.15) is 17.0 Å². The highest BCUT2D eigenvalue weighted by molar-refractivity contribution is 9.09. The van der Waals surface area contributed by atoms with Gasteiger partial charge in [0.15, 0.2) is 5.78 Å². The monoisotopic (exact) mass is 1760 g/mol. The highest BCUT2D eigenvalue weighted by Crippen LogP contribution is 2.25. The van der Waals surface area contributed by atoms with Gasteiger partial charge in [0.05, 0.1) is 13.9 Å². The summed E-state index contributed by atoms with van der Waals surface area (Å²) >= 11 is 6.50. The van der Waals surface area contributed by atoms with Gasteiger partial charge in [-0.3, -0.25) is 38.6 Å². The second-order valence-corrected chi connectivity index (χ2v) is 34.2. The van der Waals surface area contributed by atoms with Crippen LogP contribution in [-0.4, -0.2) is 208 Å². The Labute approximate surface area is 717 Å². The van der Waals surface area contributed by atoms with Crippen LogP contribution in [-0.2, 0) is 81.9 Å². The number of amides is 4. The number of unbranched alkanes of at least 4 members (excludes halogenated alkanes) is 1. The molecule has 1 radical (unpaired) electrons. The van der Waals surface area contributed by atoms with Crippen molar-refractivity contribution < 1.29 is 47.9 Å². The third-order valence-electron chi connectivity index (χ3n) is 20.2. The third-order valence-corrected chi connectivity index (χ3v) is 21.5. The fourth-order valence-electron chi connectivity index (χ4n) is 13.9. The second kappa shape index (κ2) is 56.8. The summed E-state index contributed by atoms with van der Waals surface area (Å²) in [5.41, 5.74) is 23.5. The summed E-state index contributed by atoms with van der Waals surface area (Å²) in [5.74, 6) is 0.765. The molecule has 23 nitrogen and oxygen atoms in total. The number of likely N-dealkylation sites (tertiary alicyclic amines) is 2. The molecule has 2 aromatic heterocycles. The van der Waals surface area contributed by atoms with Crippen molar-refractivity contribution in [1.82, 2.24) is 50.4 Å². The number of carbonyl (C=O) groups excluding carboxylic acids is 5. The van der Waals surface area contributed by atoms with Crippen molar-refractivity contribution in [1.29, 1.82) is 0 Å². The highest BCUT2D eigenvalue weighted by atomic mass is 79.9. The Morgan fingerprint density at radius 1 is 0.547 bits per heavy atom. The first-order valence-electron chi connectivity index (χ1n) is 41.9. The van der Waals surface area contributed by atoms with Crippen molar-refractivity contribution in [2.45, 2.75) is 208 Å². The molecule has 0 saturated carbocycles. The highest BCUT2D eigenvalue weighted by Gasteiger charge is 2.25. The summed E-state index contributed by atoms with van der Waals surface area (Å²) in [6, 6.07) is 41.8. The number of piperidine rings is 2. The first-order valence-corrected chi connectivity index (χ1v) is 45.0. The molecule has 0 atom stereocenters. The SMILES string of the molecule is CC(=O)N1CCC(Cc2cc(C(=O)O)ccn2)CC1.CC(=O)N1CCC(Nc2cc(C(=O)CCCCN3CCc4ccccc4C3)ccn2)CC1.CC(C)(C)OC(=O)NCCCBr.CC(C)(C)OC(=O)NCCCN1CCc2ccccc2C1.C[B]P=O.NCCCBr.NCCCN1CCc2ccccc2C1.c1ccc2c(c1)CCNC2. The minimum absolute atomic E-state index is 0.123. The third kappa shape index (κ3) is 42.3. The van der Waals surface area contributed by atoms with Gasteiger partial charge in [-0.2, -0.15) is 0 Å². The van der Waals surface area contributed by atoms with Crippen molar-refractivity contribution in [2.24, 2.45) is 17.4 Å². The van der Waals surface area contributed by atoms with Gasteiger partial charge in [-0.05, 0) is 245 Å². The maximum Gasteiger partial charge on any atom is 0.407 e. The summed E-state index contributed by atoms with van der Waals surface area (Å²) < 4.78 is 19.4.